The van der Waals surface area contributed by atoms with Crippen molar-refractivity contribution in [3.63, 3.8) is 0 Å². The predicted octanol–water partition coefficient (Wildman–Crippen LogP) is 1.89. The number of carbonyl (C=O) groups is 1. The largest absolute Gasteiger partial charge is 0.480 e. The molecule has 1 atom stereocenters. The van der Waals surface area contributed by atoms with Gasteiger partial charge in [-0.1, -0.05) is 24.3 Å². The molecule has 6 heteroatoms. The monoisotopic (exact) mass is 320 g/mol. The van der Waals surface area contributed by atoms with Crippen LogP contribution in [0.3, 0.4) is 0 Å². The first kappa shape index (κ1) is 14.4. The molecule has 1 aromatic carbocycles. The van der Waals surface area contributed by atoms with Gasteiger partial charge in [0.05, 0.1) is 0 Å². The first-order valence-corrected chi connectivity index (χ1v) is 7.75. The average molecular weight is 320 g/mol. The Kier molecular flexibility index (Phi) is 3.70. The standard InChI is InChI=1S/C18H16N4O2/c23-18(16-9-14-3-1-2-4-15(14)24-16)21-11-13-5-6-17(20-10-13)22-8-7-19-12-22/h1-8,10,12,16H,9,11H2,(H,21,23)/t16-/m0/s1. The first-order chi connectivity index (χ1) is 11.8. The van der Waals surface area contributed by atoms with Crippen LogP contribution in [-0.2, 0) is 17.8 Å². The van der Waals surface area contributed by atoms with Gasteiger partial charge in [-0.2, -0.15) is 0 Å². The maximum atomic E-state index is 12.3. The second kappa shape index (κ2) is 6.16. The summed E-state index contributed by atoms with van der Waals surface area (Å²) in [5, 5.41) is 2.91. The van der Waals surface area contributed by atoms with Gasteiger partial charge >= 0.3 is 0 Å². The molecular weight excluding hydrogens is 304 g/mol. The smallest absolute Gasteiger partial charge is 0.261 e. The minimum atomic E-state index is -0.458. The molecule has 0 aliphatic carbocycles. The molecule has 2 aromatic heterocycles. The van der Waals surface area contributed by atoms with Crippen LogP contribution in [0.5, 0.6) is 5.75 Å². The molecule has 1 aliphatic rings. The molecular formula is C18H16N4O2. The van der Waals surface area contributed by atoms with Crippen LogP contribution in [0.25, 0.3) is 5.82 Å². The van der Waals surface area contributed by atoms with E-state index in [4.69, 9.17) is 4.74 Å². The van der Waals surface area contributed by atoms with Crippen molar-refractivity contribution in [1.82, 2.24) is 19.9 Å². The van der Waals surface area contributed by atoms with Crippen molar-refractivity contribution >= 4 is 5.91 Å². The van der Waals surface area contributed by atoms with Gasteiger partial charge in [0.15, 0.2) is 6.10 Å². The third-order valence-corrected chi connectivity index (χ3v) is 3.98. The van der Waals surface area contributed by atoms with Crippen molar-refractivity contribution in [2.45, 2.75) is 19.1 Å². The lowest BCUT2D eigenvalue weighted by molar-refractivity contribution is -0.127. The zero-order chi connectivity index (χ0) is 16.4. The van der Waals surface area contributed by atoms with Crippen molar-refractivity contribution in [1.29, 1.82) is 0 Å². The lowest BCUT2D eigenvalue weighted by Gasteiger charge is -2.11. The number of para-hydroxylation sites is 1. The summed E-state index contributed by atoms with van der Waals surface area (Å²) >= 11 is 0. The Labute approximate surface area is 139 Å². The fourth-order valence-electron chi connectivity index (χ4n) is 2.70. The molecule has 4 rings (SSSR count). The molecule has 1 amide bonds. The van der Waals surface area contributed by atoms with E-state index in [0.29, 0.717) is 13.0 Å². The molecule has 0 fully saturated rings. The molecule has 24 heavy (non-hydrogen) atoms. The van der Waals surface area contributed by atoms with Gasteiger partial charge in [-0.3, -0.25) is 9.36 Å². The number of nitrogens with zero attached hydrogens (tertiary/aromatic N) is 3. The van der Waals surface area contributed by atoms with Crippen LogP contribution in [0.4, 0.5) is 0 Å². The Morgan fingerprint density at radius 3 is 2.96 bits per heavy atom. The fraction of sp³-hybridized carbons (Fsp3) is 0.167. The number of ether oxygens (including phenoxy) is 1. The summed E-state index contributed by atoms with van der Waals surface area (Å²) in [6, 6.07) is 11.6. The van der Waals surface area contributed by atoms with Crippen molar-refractivity contribution in [2.24, 2.45) is 0 Å². The topological polar surface area (TPSA) is 69.0 Å². The molecule has 0 saturated carbocycles. The van der Waals surface area contributed by atoms with Crippen molar-refractivity contribution in [3.05, 3.63) is 72.4 Å². The molecule has 0 unspecified atom stereocenters. The zero-order valence-corrected chi connectivity index (χ0v) is 12.9. The molecule has 1 N–H and O–H groups in total. The third-order valence-electron chi connectivity index (χ3n) is 3.98. The van der Waals surface area contributed by atoms with Crippen LogP contribution in [-0.4, -0.2) is 26.5 Å². The van der Waals surface area contributed by atoms with Crippen molar-refractivity contribution in [2.75, 3.05) is 0 Å². The Balaban J connectivity index is 1.35. The number of rotatable bonds is 4. The Bertz CT molecular complexity index is 819. The van der Waals surface area contributed by atoms with E-state index in [2.05, 4.69) is 15.3 Å². The fourth-order valence-corrected chi connectivity index (χ4v) is 2.70. The Morgan fingerprint density at radius 1 is 1.29 bits per heavy atom. The number of hydrogen-bond acceptors (Lipinski definition) is 4. The maximum Gasteiger partial charge on any atom is 0.261 e. The molecule has 0 spiro atoms. The maximum absolute atomic E-state index is 12.3. The molecule has 120 valence electrons. The summed E-state index contributed by atoms with van der Waals surface area (Å²) in [6.07, 6.45) is 7.13. The van der Waals surface area contributed by atoms with E-state index < -0.39 is 6.10 Å². The van der Waals surface area contributed by atoms with E-state index in [-0.39, 0.29) is 5.91 Å². The molecule has 1 aliphatic heterocycles. The van der Waals surface area contributed by atoms with E-state index >= 15 is 0 Å². The number of imidazole rings is 1. The highest BCUT2D eigenvalue weighted by Crippen LogP contribution is 2.28. The van der Waals surface area contributed by atoms with Crippen molar-refractivity contribution < 1.29 is 9.53 Å². The van der Waals surface area contributed by atoms with Crippen LogP contribution < -0.4 is 10.1 Å². The zero-order valence-electron chi connectivity index (χ0n) is 12.9. The Hall–Kier alpha value is -3.15. The molecule has 0 radical (unpaired) electrons. The summed E-state index contributed by atoms with van der Waals surface area (Å²) < 4.78 is 7.51. The molecule has 3 heterocycles. The van der Waals surface area contributed by atoms with Crippen LogP contribution >= 0.6 is 0 Å². The summed E-state index contributed by atoms with van der Waals surface area (Å²) in [5.41, 5.74) is 2.01. The summed E-state index contributed by atoms with van der Waals surface area (Å²) in [5.74, 6) is 1.48. The van der Waals surface area contributed by atoms with Gasteiger partial charge in [-0.25, -0.2) is 9.97 Å². The number of aromatic nitrogens is 3. The highest BCUT2D eigenvalue weighted by atomic mass is 16.5. The highest BCUT2D eigenvalue weighted by Gasteiger charge is 2.28. The van der Waals surface area contributed by atoms with E-state index in [0.717, 1.165) is 22.7 Å². The summed E-state index contributed by atoms with van der Waals surface area (Å²) in [4.78, 5) is 20.6. The first-order valence-electron chi connectivity index (χ1n) is 7.75. The van der Waals surface area contributed by atoms with Crippen LogP contribution in [0.2, 0.25) is 0 Å². The number of nitrogens with one attached hydrogen (secondary N) is 1. The van der Waals surface area contributed by atoms with Gasteiger partial charge in [0, 0.05) is 31.6 Å². The van der Waals surface area contributed by atoms with Gasteiger partial charge in [0.1, 0.15) is 17.9 Å². The van der Waals surface area contributed by atoms with E-state index in [1.54, 1.807) is 18.7 Å². The van der Waals surface area contributed by atoms with Crippen LogP contribution in [0.15, 0.2) is 61.3 Å². The summed E-state index contributed by atoms with van der Waals surface area (Å²) in [7, 11) is 0. The quantitative estimate of drug-likeness (QED) is 0.797. The van der Waals surface area contributed by atoms with Gasteiger partial charge in [-0.05, 0) is 23.3 Å². The minimum Gasteiger partial charge on any atom is -0.480 e. The van der Waals surface area contributed by atoms with E-state index in [1.807, 2.05) is 47.2 Å². The summed E-state index contributed by atoms with van der Waals surface area (Å²) in [6.45, 7) is 0.423. The van der Waals surface area contributed by atoms with E-state index in [9.17, 15) is 4.79 Å². The van der Waals surface area contributed by atoms with Crippen molar-refractivity contribution in [3.8, 4) is 11.6 Å². The average Bonchev–Trinajstić information content (AvgIpc) is 3.29. The van der Waals surface area contributed by atoms with Crippen LogP contribution in [0, 0.1) is 0 Å². The molecule has 0 bridgehead atoms. The van der Waals surface area contributed by atoms with Gasteiger partial charge in [-0.15, -0.1) is 0 Å². The number of amides is 1. The SMILES string of the molecule is O=C(NCc1ccc(-n2ccnc2)nc1)[C@@H]1Cc2ccccc2O1. The number of hydrogen-bond donors (Lipinski definition) is 1. The van der Waals surface area contributed by atoms with Gasteiger partial charge in [0.2, 0.25) is 0 Å². The minimum absolute atomic E-state index is 0.107. The lowest BCUT2D eigenvalue weighted by atomic mass is 10.1. The molecule has 3 aromatic rings. The number of pyridine rings is 1. The number of benzene rings is 1. The van der Waals surface area contributed by atoms with Gasteiger partial charge < -0.3 is 10.1 Å². The highest BCUT2D eigenvalue weighted by molar-refractivity contribution is 5.82. The molecule has 0 saturated heterocycles. The predicted molar refractivity (Wildman–Crippen MR) is 87.8 cm³/mol. The second-order valence-corrected chi connectivity index (χ2v) is 5.63. The number of carbonyl (C=O) groups excluding carboxylic acids is 1. The lowest BCUT2D eigenvalue weighted by Crippen LogP contribution is -2.37. The molecule has 6 nitrogen and oxygen atoms in total. The normalized spacial score (nSPS) is 15.6. The van der Waals surface area contributed by atoms with Crippen LogP contribution in [0.1, 0.15) is 11.1 Å². The second-order valence-electron chi connectivity index (χ2n) is 5.63. The Morgan fingerprint density at radius 2 is 2.21 bits per heavy atom. The number of fused-ring (bicyclic) bond motifs is 1. The third kappa shape index (κ3) is 2.86. The van der Waals surface area contributed by atoms with E-state index in [1.165, 1.54) is 0 Å². The van der Waals surface area contributed by atoms with Gasteiger partial charge in [0.25, 0.3) is 5.91 Å².